The van der Waals surface area contributed by atoms with Gasteiger partial charge in [0.05, 0.1) is 0 Å². The second kappa shape index (κ2) is 5.77. The first kappa shape index (κ1) is 13.3. The van der Waals surface area contributed by atoms with Crippen molar-refractivity contribution >= 4 is 11.6 Å². The first-order chi connectivity index (χ1) is 9.81. The second-order valence-electron chi connectivity index (χ2n) is 5.62. The van der Waals surface area contributed by atoms with Gasteiger partial charge in [-0.05, 0) is 19.8 Å². The molecule has 0 atom stereocenters. The lowest BCUT2D eigenvalue weighted by atomic mass is 10.1. The summed E-state index contributed by atoms with van der Waals surface area (Å²) in [5.74, 6) is 1.94. The molecular formula is C15H23N5. The Morgan fingerprint density at radius 1 is 1.20 bits per heavy atom. The highest BCUT2D eigenvalue weighted by molar-refractivity contribution is 5.58. The minimum atomic E-state index is 0.721. The monoisotopic (exact) mass is 273 g/mol. The lowest BCUT2D eigenvalue weighted by molar-refractivity contribution is 0.620. The predicted octanol–water partition coefficient (Wildman–Crippen LogP) is 2.77. The number of hydrogen-bond donors (Lipinski definition) is 0. The summed E-state index contributed by atoms with van der Waals surface area (Å²) in [5.41, 5.74) is 2.45. The number of unbranched alkanes of at least 4 members (excludes halogenated alkanes) is 4. The molecule has 108 valence electrons. The van der Waals surface area contributed by atoms with Gasteiger partial charge in [0.1, 0.15) is 12.1 Å². The number of aromatic nitrogens is 4. The molecule has 0 spiro atoms. The third kappa shape index (κ3) is 2.37. The Kier molecular flexibility index (Phi) is 3.85. The number of rotatable bonds is 6. The summed E-state index contributed by atoms with van der Waals surface area (Å²) in [6, 6.07) is 0. The molecule has 0 unspecified atom stereocenters. The van der Waals surface area contributed by atoms with E-state index in [2.05, 4.69) is 33.8 Å². The van der Waals surface area contributed by atoms with Crippen LogP contribution in [0.4, 0.5) is 5.82 Å². The van der Waals surface area contributed by atoms with Crippen molar-refractivity contribution in [2.75, 3.05) is 18.0 Å². The first-order valence-electron chi connectivity index (χ1n) is 7.75. The summed E-state index contributed by atoms with van der Waals surface area (Å²) < 4.78 is 1.90. The highest BCUT2D eigenvalue weighted by atomic mass is 15.4. The number of nitrogens with zero attached hydrogens (tertiary/aromatic N) is 5. The van der Waals surface area contributed by atoms with Gasteiger partial charge in [0, 0.05) is 24.3 Å². The third-order valence-electron chi connectivity index (χ3n) is 4.17. The van der Waals surface area contributed by atoms with Crippen LogP contribution in [0.1, 0.15) is 50.3 Å². The number of hydrogen-bond acceptors (Lipinski definition) is 4. The van der Waals surface area contributed by atoms with Crippen molar-refractivity contribution in [3.8, 4) is 0 Å². The highest BCUT2D eigenvalue weighted by Gasteiger charge is 2.25. The molecule has 1 aliphatic rings. The van der Waals surface area contributed by atoms with Crippen LogP contribution in [0, 0.1) is 6.92 Å². The largest absolute Gasteiger partial charge is 0.356 e. The Labute approximate surface area is 120 Å². The Morgan fingerprint density at radius 2 is 2.05 bits per heavy atom. The zero-order valence-electron chi connectivity index (χ0n) is 12.5. The molecule has 2 aromatic heterocycles. The Hall–Kier alpha value is -1.65. The van der Waals surface area contributed by atoms with Crippen molar-refractivity contribution in [2.45, 2.75) is 52.4 Å². The Morgan fingerprint density at radius 3 is 2.90 bits per heavy atom. The van der Waals surface area contributed by atoms with E-state index < -0.39 is 0 Å². The zero-order chi connectivity index (χ0) is 13.9. The summed E-state index contributed by atoms with van der Waals surface area (Å²) in [6.45, 7) is 6.55. The maximum atomic E-state index is 4.53. The van der Waals surface area contributed by atoms with Crippen LogP contribution < -0.4 is 4.90 Å². The van der Waals surface area contributed by atoms with Crippen LogP contribution in [0.25, 0.3) is 5.78 Å². The number of anilines is 1. The Balaban J connectivity index is 1.75. The van der Waals surface area contributed by atoms with Crippen LogP contribution in [0.3, 0.4) is 0 Å². The van der Waals surface area contributed by atoms with Gasteiger partial charge in [0.2, 0.25) is 0 Å². The molecule has 0 saturated heterocycles. The van der Waals surface area contributed by atoms with Crippen LogP contribution in [-0.4, -0.2) is 32.7 Å². The molecule has 3 heterocycles. The molecule has 0 N–H and O–H groups in total. The maximum absolute atomic E-state index is 4.53. The van der Waals surface area contributed by atoms with E-state index in [9.17, 15) is 0 Å². The fourth-order valence-corrected chi connectivity index (χ4v) is 3.06. The van der Waals surface area contributed by atoms with Gasteiger partial charge >= 0.3 is 0 Å². The van der Waals surface area contributed by atoms with Gasteiger partial charge in [-0.15, -0.1) is 0 Å². The summed E-state index contributed by atoms with van der Waals surface area (Å²) in [5, 5.41) is 4.34. The molecule has 0 radical (unpaired) electrons. The summed E-state index contributed by atoms with van der Waals surface area (Å²) in [6.07, 6.45) is 9.27. The predicted molar refractivity (Wildman–Crippen MR) is 80.2 cm³/mol. The number of fused-ring (bicyclic) bond motifs is 3. The molecule has 5 nitrogen and oxygen atoms in total. The summed E-state index contributed by atoms with van der Waals surface area (Å²) in [7, 11) is 0. The van der Waals surface area contributed by atoms with E-state index in [1.165, 1.54) is 43.5 Å². The van der Waals surface area contributed by atoms with Crippen molar-refractivity contribution in [1.29, 1.82) is 0 Å². The van der Waals surface area contributed by atoms with E-state index in [0.717, 1.165) is 31.0 Å². The lowest BCUT2D eigenvalue weighted by Gasteiger charge is -2.19. The third-order valence-corrected chi connectivity index (χ3v) is 4.17. The molecule has 0 bridgehead atoms. The van der Waals surface area contributed by atoms with Gasteiger partial charge in [-0.1, -0.05) is 32.6 Å². The molecule has 2 aromatic rings. The van der Waals surface area contributed by atoms with Crippen molar-refractivity contribution in [1.82, 2.24) is 19.6 Å². The van der Waals surface area contributed by atoms with E-state index in [-0.39, 0.29) is 0 Å². The fraction of sp³-hybridized carbons (Fsp3) is 0.667. The summed E-state index contributed by atoms with van der Waals surface area (Å²) in [4.78, 5) is 11.2. The Bertz CT molecular complexity index is 589. The maximum Gasteiger partial charge on any atom is 0.254 e. The molecule has 0 aliphatic carbocycles. The molecule has 0 fully saturated rings. The molecule has 3 rings (SSSR count). The quantitative estimate of drug-likeness (QED) is 0.759. The van der Waals surface area contributed by atoms with Gasteiger partial charge in [0.15, 0.2) is 0 Å². The van der Waals surface area contributed by atoms with Crippen molar-refractivity contribution < 1.29 is 0 Å². The standard InChI is InChI=1S/C15H23N5/c1-3-4-5-6-7-9-19-10-8-13-12(2)18-15-16-11-17-20(15)14(13)19/h11H,3-10H2,1-2H3. The van der Waals surface area contributed by atoms with Crippen LogP contribution in [0.2, 0.25) is 0 Å². The first-order valence-corrected chi connectivity index (χ1v) is 7.75. The van der Waals surface area contributed by atoms with Gasteiger partial charge in [-0.2, -0.15) is 14.6 Å². The van der Waals surface area contributed by atoms with E-state index in [4.69, 9.17) is 0 Å². The highest BCUT2D eigenvalue weighted by Crippen LogP contribution is 2.29. The van der Waals surface area contributed by atoms with Gasteiger partial charge in [-0.3, -0.25) is 0 Å². The van der Waals surface area contributed by atoms with E-state index in [1.54, 1.807) is 6.33 Å². The number of aryl methyl sites for hydroxylation is 1. The van der Waals surface area contributed by atoms with Gasteiger partial charge in [-0.25, -0.2) is 4.98 Å². The molecule has 5 heteroatoms. The van der Waals surface area contributed by atoms with Crippen LogP contribution in [0.5, 0.6) is 0 Å². The van der Waals surface area contributed by atoms with Crippen molar-refractivity contribution in [2.24, 2.45) is 0 Å². The lowest BCUT2D eigenvalue weighted by Crippen LogP contribution is -2.24. The molecular weight excluding hydrogens is 250 g/mol. The summed E-state index contributed by atoms with van der Waals surface area (Å²) >= 11 is 0. The minimum Gasteiger partial charge on any atom is -0.356 e. The van der Waals surface area contributed by atoms with Crippen molar-refractivity contribution in [3.05, 3.63) is 17.6 Å². The van der Waals surface area contributed by atoms with Crippen molar-refractivity contribution in [3.63, 3.8) is 0 Å². The zero-order valence-corrected chi connectivity index (χ0v) is 12.5. The van der Waals surface area contributed by atoms with Crippen LogP contribution >= 0.6 is 0 Å². The molecule has 0 amide bonds. The SMILES string of the molecule is CCCCCCCN1CCc2c(C)nc3ncnn3c21. The van der Waals surface area contributed by atoms with Crippen LogP contribution in [0.15, 0.2) is 6.33 Å². The minimum absolute atomic E-state index is 0.721. The molecule has 0 saturated carbocycles. The van der Waals surface area contributed by atoms with Gasteiger partial charge < -0.3 is 4.90 Å². The molecule has 20 heavy (non-hydrogen) atoms. The van der Waals surface area contributed by atoms with E-state index >= 15 is 0 Å². The average molecular weight is 273 g/mol. The normalized spacial score (nSPS) is 14.2. The smallest absolute Gasteiger partial charge is 0.254 e. The second-order valence-corrected chi connectivity index (χ2v) is 5.62. The molecule has 1 aliphatic heterocycles. The topological polar surface area (TPSA) is 46.3 Å². The van der Waals surface area contributed by atoms with Gasteiger partial charge in [0.25, 0.3) is 5.78 Å². The fourth-order valence-electron chi connectivity index (χ4n) is 3.06. The van der Waals surface area contributed by atoms with Crippen LogP contribution in [-0.2, 0) is 6.42 Å². The van der Waals surface area contributed by atoms with E-state index in [0.29, 0.717) is 0 Å². The average Bonchev–Trinajstić information content (AvgIpc) is 3.05. The van der Waals surface area contributed by atoms with E-state index in [1.807, 2.05) is 4.52 Å². The molecule has 0 aromatic carbocycles.